The minimum absolute atomic E-state index is 0.00519. The molecule has 0 aromatic rings. The van der Waals surface area contributed by atoms with Crippen LogP contribution >= 0.6 is 0 Å². The van der Waals surface area contributed by atoms with Crippen molar-refractivity contribution in [3.63, 3.8) is 0 Å². The van der Waals surface area contributed by atoms with Crippen LogP contribution in [0.1, 0.15) is 19.8 Å². The molecule has 70 valence electrons. The number of aliphatic hydroxyl groups is 2. The fourth-order valence-electron chi connectivity index (χ4n) is 1.57. The molecule has 1 amide bonds. The van der Waals surface area contributed by atoms with E-state index in [9.17, 15) is 9.90 Å². The van der Waals surface area contributed by atoms with Crippen LogP contribution in [0.2, 0.25) is 0 Å². The summed E-state index contributed by atoms with van der Waals surface area (Å²) >= 11 is 0. The van der Waals surface area contributed by atoms with Crippen molar-refractivity contribution in [3.05, 3.63) is 0 Å². The van der Waals surface area contributed by atoms with E-state index in [0.717, 1.165) is 0 Å². The molecule has 1 heterocycles. The van der Waals surface area contributed by atoms with E-state index >= 15 is 0 Å². The maximum atomic E-state index is 11.2. The van der Waals surface area contributed by atoms with Crippen molar-refractivity contribution in [2.45, 2.75) is 31.9 Å². The highest BCUT2D eigenvalue weighted by atomic mass is 16.3. The van der Waals surface area contributed by atoms with Gasteiger partial charge in [0.25, 0.3) is 0 Å². The Morgan fingerprint density at radius 2 is 2.33 bits per heavy atom. The lowest BCUT2D eigenvalue weighted by Crippen LogP contribution is -2.37. The fourth-order valence-corrected chi connectivity index (χ4v) is 1.57. The first-order chi connectivity index (χ1) is 5.69. The zero-order valence-electron chi connectivity index (χ0n) is 7.23. The predicted molar refractivity (Wildman–Crippen MR) is 43.5 cm³/mol. The van der Waals surface area contributed by atoms with Crippen LogP contribution in [0.4, 0.5) is 0 Å². The highest BCUT2D eigenvalue weighted by Gasteiger charge is 2.32. The van der Waals surface area contributed by atoms with Crippen LogP contribution in [0, 0.1) is 0 Å². The quantitative estimate of drug-likeness (QED) is 0.583. The molecule has 1 saturated heterocycles. The third kappa shape index (κ3) is 1.76. The number of carbonyl (C=O) groups excluding carboxylic acids is 1. The van der Waals surface area contributed by atoms with Gasteiger partial charge in [-0.3, -0.25) is 4.79 Å². The Morgan fingerprint density at radius 3 is 2.83 bits per heavy atom. The minimum Gasteiger partial charge on any atom is -0.394 e. The Morgan fingerprint density at radius 1 is 1.67 bits per heavy atom. The molecule has 0 aliphatic carbocycles. The first-order valence-corrected chi connectivity index (χ1v) is 4.27. The van der Waals surface area contributed by atoms with Crippen LogP contribution in [0.5, 0.6) is 0 Å². The van der Waals surface area contributed by atoms with E-state index in [0.29, 0.717) is 19.4 Å². The minimum atomic E-state index is -0.461. The summed E-state index contributed by atoms with van der Waals surface area (Å²) in [7, 11) is 0. The molecular formula is C8H15NO3. The number of carbonyl (C=O) groups is 1. The third-order valence-corrected chi connectivity index (χ3v) is 2.23. The van der Waals surface area contributed by atoms with Crippen molar-refractivity contribution < 1.29 is 15.0 Å². The zero-order chi connectivity index (χ0) is 9.14. The zero-order valence-corrected chi connectivity index (χ0v) is 7.23. The van der Waals surface area contributed by atoms with Crippen molar-refractivity contribution in [3.8, 4) is 0 Å². The monoisotopic (exact) mass is 173 g/mol. The lowest BCUT2D eigenvalue weighted by Gasteiger charge is -2.21. The first kappa shape index (κ1) is 9.48. The number of β-amino-alcohol motifs (C(OH)–C–C–N with tert-alkyl or cyclic N) is 1. The highest BCUT2D eigenvalue weighted by Crippen LogP contribution is 2.17. The summed E-state index contributed by atoms with van der Waals surface area (Å²) in [5, 5.41) is 18.1. The summed E-state index contributed by atoms with van der Waals surface area (Å²) in [6, 6.07) is -0.174. The summed E-state index contributed by atoms with van der Waals surface area (Å²) in [6.07, 6.45) is 0.475. The maximum absolute atomic E-state index is 11.2. The molecule has 0 saturated carbocycles. The Hall–Kier alpha value is -0.610. The van der Waals surface area contributed by atoms with Gasteiger partial charge in [-0.2, -0.15) is 0 Å². The molecule has 4 heteroatoms. The summed E-state index contributed by atoms with van der Waals surface area (Å²) < 4.78 is 0. The molecule has 1 fully saturated rings. The molecule has 1 rings (SSSR count). The van der Waals surface area contributed by atoms with Gasteiger partial charge in [-0.05, 0) is 6.42 Å². The number of likely N-dealkylation sites (tertiary alicyclic amines) is 1. The number of nitrogens with zero attached hydrogens (tertiary/aromatic N) is 1. The van der Waals surface area contributed by atoms with Crippen molar-refractivity contribution in [2.24, 2.45) is 0 Å². The van der Waals surface area contributed by atoms with Crippen molar-refractivity contribution >= 4 is 5.91 Å². The average molecular weight is 173 g/mol. The Bertz CT molecular complexity index is 172. The maximum Gasteiger partial charge on any atom is 0.222 e. The van der Waals surface area contributed by atoms with E-state index in [1.54, 1.807) is 11.8 Å². The predicted octanol–water partition coefficient (Wildman–Crippen LogP) is -0.650. The second-order valence-corrected chi connectivity index (χ2v) is 3.13. The van der Waals surface area contributed by atoms with Gasteiger partial charge < -0.3 is 15.1 Å². The van der Waals surface area contributed by atoms with Gasteiger partial charge in [-0.15, -0.1) is 0 Å². The van der Waals surface area contributed by atoms with Crippen LogP contribution in [0.3, 0.4) is 0 Å². The van der Waals surface area contributed by atoms with Gasteiger partial charge in [0, 0.05) is 13.0 Å². The second-order valence-electron chi connectivity index (χ2n) is 3.13. The van der Waals surface area contributed by atoms with Crippen LogP contribution in [0.15, 0.2) is 0 Å². The SMILES string of the molecule is CCC(=O)N1C[C@H](O)C[C@H]1CO. The van der Waals surface area contributed by atoms with Gasteiger partial charge in [0.15, 0.2) is 0 Å². The Labute approximate surface area is 71.8 Å². The summed E-state index contributed by atoms with van der Waals surface area (Å²) in [6.45, 7) is 2.10. The van der Waals surface area contributed by atoms with E-state index in [-0.39, 0.29) is 18.6 Å². The number of hydrogen-bond donors (Lipinski definition) is 2. The average Bonchev–Trinajstić information content (AvgIpc) is 2.45. The molecule has 0 radical (unpaired) electrons. The summed E-state index contributed by atoms with van der Waals surface area (Å²) in [5.74, 6) is 0.00519. The van der Waals surface area contributed by atoms with Crippen LogP contribution < -0.4 is 0 Å². The molecule has 0 aromatic heterocycles. The van der Waals surface area contributed by atoms with E-state index in [1.165, 1.54) is 0 Å². The molecular weight excluding hydrogens is 158 g/mol. The van der Waals surface area contributed by atoms with Gasteiger partial charge in [0.1, 0.15) is 0 Å². The number of hydrogen-bond acceptors (Lipinski definition) is 3. The fraction of sp³-hybridized carbons (Fsp3) is 0.875. The Kier molecular flexibility index (Phi) is 3.05. The van der Waals surface area contributed by atoms with Crippen molar-refractivity contribution in [1.82, 2.24) is 4.90 Å². The molecule has 0 aromatic carbocycles. The molecule has 12 heavy (non-hydrogen) atoms. The van der Waals surface area contributed by atoms with Crippen LogP contribution in [-0.2, 0) is 4.79 Å². The van der Waals surface area contributed by atoms with Crippen LogP contribution in [-0.4, -0.2) is 46.3 Å². The van der Waals surface area contributed by atoms with E-state index < -0.39 is 6.10 Å². The van der Waals surface area contributed by atoms with Crippen molar-refractivity contribution in [2.75, 3.05) is 13.2 Å². The number of rotatable bonds is 2. The molecule has 1 aliphatic rings. The topological polar surface area (TPSA) is 60.8 Å². The summed E-state index contributed by atoms with van der Waals surface area (Å²) in [5.41, 5.74) is 0. The molecule has 2 atom stereocenters. The van der Waals surface area contributed by atoms with E-state index in [1.807, 2.05) is 0 Å². The Balaban J connectivity index is 2.57. The molecule has 0 unspecified atom stereocenters. The third-order valence-electron chi connectivity index (χ3n) is 2.23. The second kappa shape index (κ2) is 3.87. The highest BCUT2D eigenvalue weighted by molar-refractivity contribution is 5.76. The normalized spacial score (nSPS) is 29.4. The van der Waals surface area contributed by atoms with E-state index in [2.05, 4.69) is 0 Å². The van der Waals surface area contributed by atoms with Gasteiger partial charge in [-0.1, -0.05) is 6.92 Å². The van der Waals surface area contributed by atoms with Gasteiger partial charge >= 0.3 is 0 Å². The number of aliphatic hydroxyl groups excluding tert-OH is 2. The van der Waals surface area contributed by atoms with Crippen molar-refractivity contribution in [1.29, 1.82) is 0 Å². The van der Waals surface area contributed by atoms with E-state index in [4.69, 9.17) is 5.11 Å². The molecule has 4 nitrogen and oxygen atoms in total. The lowest BCUT2D eigenvalue weighted by molar-refractivity contribution is -0.132. The largest absolute Gasteiger partial charge is 0.394 e. The van der Waals surface area contributed by atoms with Gasteiger partial charge in [0.2, 0.25) is 5.91 Å². The van der Waals surface area contributed by atoms with Gasteiger partial charge in [-0.25, -0.2) is 0 Å². The first-order valence-electron chi connectivity index (χ1n) is 4.27. The molecule has 1 aliphatic heterocycles. The lowest BCUT2D eigenvalue weighted by atomic mass is 10.2. The molecule has 2 N–H and O–H groups in total. The van der Waals surface area contributed by atoms with Gasteiger partial charge in [0.05, 0.1) is 18.8 Å². The van der Waals surface area contributed by atoms with Crippen LogP contribution in [0.25, 0.3) is 0 Å². The smallest absolute Gasteiger partial charge is 0.222 e. The molecule has 0 bridgehead atoms. The summed E-state index contributed by atoms with van der Waals surface area (Å²) in [4.78, 5) is 12.8. The standard InChI is InChI=1S/C8H15NO3/c1-2-8(12)9-4-7(11)3-6(9)5-10/h6-7,10-11H,2-5H2,1H3/t6-,7+/m0/s1. The number of amides is 1. The molecule has 0 spiro atoms.